The van der Waals surface area contributed by atoms with Crippen molar-refractivity contribution in [2.75, 3.05) is 0 Å². The molecule has 0 N–H and O–H groups in total. The van der Waals surface area contributed by atoms with Gasteiger partial charge in [-0.05, 0) is 38.0 Å². The van der Waals surface area contributed by atoms with Crippen LogP contribution >= 0.6 is 0 Å². The van der Waals surface area contributed by atoms with E-state index in [4.69, 9.17) is 4.74 Å². The van der Waals surface area contributed by atoms with Crippen molar-refractivity contribution in [3.8, 4) is 0 Å². The third kappa shape index (κ3) is 1.09. The maximum atomic E-state index is 12.3. The van der Waals surface area contributed by atoms with E-state index in [1.165, 1.54) is 19.3 Å². The summed E-state index contributed by atoms with van der Waals surface area (Å²) in [4.78, 5) is 12.3. The predicted molar refractivity (Wildman–Crippen MR) is 66.7 cm³/mol. The molecule has 0 bridgehead atoms. The molecule has 1 saturated heterocycles. The van der Waals surface area contributed by atoms with Gasteiger partial charge in [0.05, 0.1) is 0 Å². The molecule has 17 heavy (non-hydrogen) atoms. The van der Waals surface area contributed by atoms with Crippen LogP contribution in [0.25, 0.3) is 0 Å². The Labute approximate surface area is 104 Å². The molecule has 1 aliphatic heterocycles. The third-order valence-electron chi connectivity index (χ3n) is 6.52. The number of fused-ring (bicyclic) bond motifs is 3. The van der Waals surface area contributed by atoms with E-state index < -0.39 is 5.60 Å². The normalized spacial score (nSPS) is 56.1. The largest absolute Gasteiger partial charge is 0.354 e. The van der Waals surface area contributed by atoms with Gasteiger partial charge in [-0.2, -0.15) is 0 Å². The van der Waals surface area contributed by atoms with Gasteiger partial charge in [-0.15, -0.1) is 0 Å². The maximum absolute atomic E-state index is 12.3. The van der Waals surface area contributed by atoms with Gasteiger partial charge < -0.3 is 4.74 Å². The smallest absolute Gasteiger partial charge is 0.167 e. The summed E-state index contributed by atoms with van der Waals surface area (Å²) in [6.45, 7) is 11.2. The van der Waals surface area contributed by atoms with E-state index in [1.807, 2.05) is 6.92 Å². The van der Waals surface area contributed by atoms with Gasteiger partial charge in [0.25, 0.3) is 0 Å². The van der Waals surface area contributed by atoms with E-state index in [9.17, 15) is 4.79 Å². The number of ether oxygens (including phenoxy) is 1. The molecule has 2 heteroatoms. The molecule has 3 rings (SSSR count). The number of carbonyl (C=O) groups is 1. The van der Waals surface area contributed by atoms with Crippen LogP contribution in [0, 0.1) is 16.7 Å². The SMILES string of the molecule is CC1(C)CCCC2(C)C1CC(=O)C1(C)OC12C. The highest BCUT2D eigenvalue weighted by molar-refractivity contribution is 5.93. The van der Waals surface area contributed by atoms with Gasteiger partial charge in [0.15, 0.2) is 11.4 Å². The van der Waals surface area contributed by atoms with Crippen LogP contribution in [0.3, 0.4) is 0 Å². The van der Waals surface area contributed by atoms with Crippen molar-refractivity contribution in [2.45, 2.75) is 71.5 Å². The van der Waals surface area contributed by atoms with Crippen LogP contribution in [0.1, 0.15) is 60.3 Å². The van der Waals surface area contributed by atoms with E-state index in [-0.39, 0.29) is 16.4 Å². The summed E-state index contributed by atoms with van der Waals surface area (Å²) in [7, 11) is 0. The molecule has 0 amide bonds. The zero-order valence-electron chi connectivity index (χ0n) is 11.7. The quantitative estimate of drug-likeness (QED) is 0.604. The van der Waals surface area contributed by atoms with Crippen molar-refractivity contribution < 1.29 is 9.53 Å². The molecular formula is C15H24O2. The number of rotatable bonds is 0. The third-order valence-corrected chi connectivity index (χ3v) is 6.52. The van der Waals surface area contributed by atoms with Gasteiger partial charge in [0.2, 0.25) is 0 Å². The second kappa shape index (κ2) is 2.79. The van der Waals surface area contributed by atoms with Crippen molar-refractivity contribution in [1.29, 1.82) is 0 Å². The molecule has 3 aliphatic rings. The summed E-state index contributed by atoms with van der Waals surface area (Å²) in [6.07, 6.45) is 4.44. The number of carbonyl (C=O) groups excluding carboxylic acids is 1. The minimum atomic E-state index is -0.480. The van der Waals surface area contributed by atoms with Gasteiger partial charge in [-0.3, -0.25) is 4.79 Å². The second-order valence-corrected chi connectivity index (χ2v) is 7.61. The fourth-order valence-electron chi connectivity index (χ4n) is 4.94. The molecule has 0 radical (unpaired) electrons. The first-order chi connectivity index (χ1) is 7.67. The number of hydrogen-bond acceptors (Lipinski definition) is 2. The predicted octanol–water partition coefficient (Wildman–Crippen LogP) is 3.34. The lowest BCUT2D eigenvalue weighted by atomic mass is 9.46. The van der Waals surface area contributed by atoms with Crippen LogP contribution in [0.2, 0.25) is 0 Å². The van der Waals surface area contributed by atoms with E-state index in [0.29, 0.717) is 11.7 Å². The van der Waals surface area contributed by atoms with E-state index >= 15 is 0 Å². The topological polar surface area (TPSA) is 29.6 Å². The maximum Gasteiger partial charge on any atom is 0.167 e. The fourth-order valence-corrected chi connectivity index (χ4v) is 4.94. The summed E-state index contributed by atoms with van der Waals surface area (Å²) >= 11 is 0. The Bertz CT molecular complexity index is 400. The summed E-state index contributed by atoms with van der Waals surface area (Å²) in [6, 6.07) is 0. The highest BCUT2D eigenvalue weighted by atomic mass is 16.6. The minimum Gasteiger partial charge on any atom is -0.354 e. The summed E-state index contributed by atoms with van der Waals surface area (Å²) in [5.41, 5.74) is -0.236. The molecule has 96 valence electrons. The van der Waals surface area contributed by atoms with Crippen molar-refractivity contribution >= 4 is 5.78 Å². The number of epoxide rings is 1. The lowest BCUT2D eigenvalue weighted by molar-refractivity contribution is -0.134. The zero-order chi connectivity index (χ0) is 12.7. The molecule has 2 nitrogen and oxygen atoms in total. The molecule has 0 aromatic rings. The molecule has 2 aliphatic carbocycles. The van der Waals surface area contributed by atoms with Gasteiger partial charge in [0, 0.05) is 11.8 Å². The number of hydrogen-bond donors (Lipinski definition) is 0. The first-order valence-electron chi connectivity index (χ1n) is 6.91. The lowest BCUT2D eigenvalue weighted by Crippen LogP contribution is -2.57. The molecule has 1 heterocycles. The van der Waals surface area contributed by atoms with E-state index in [0.717, 1.165) is 6.42 Å². The van der Waals surface area contributed by atoms with Gasteiger partial charge >= 0.3 is 0 Å². The van der Waals surface area contributed by atoms with Crippen LogP contribution in [0.4, 0.5) is 0 Å². The Morgan fingerprint density at radius 1 is 1.12 bits per heavy atom. The Morgan fingerprint density at radius 2 is 1.76 bits per heavy atom. The van der Waals surface area contributed by atoms with Crippen molar-refractivity contribution in [3.05, 3.63) is 0 Å². The van der Waals surface area contributed by atoms with Crippen LogP contribution < -0.4 is 0 Å². The van der Waals surface area contributed by atoms with Crippen molar-refractivity contribution in [1.82, 2.24) is 0 Å². The van der Waals surface area contributed by atoms with E-state index in [2.05, 4.69) is 27.7 Å². The molecule has 3 fully saturated rings. The van der Waals surface area contributed by atoms with Crippen molar-refractivity contribution in [2.24, 2.45) is 16.7 Å². The molecule has 0 aromatic carbocycles. The van der Waals surface area contributed by atoms with Crippen LogP contribution in [-0.4, -0.2) is 17.0 Å². The van der Waals surface area contributed by atoms with Crippen LogP contribution in [0.15, 0.2) is 0 Å². The zero-order valence-corrected chi connectivity index (χ0v) is 11.7. The lowest BCUT2D eigenvalue weighted by Gasteiger charge is -2.55. The molecular weight excluding hydrogens is 212 g/mol. The Balaban J connectivity index is 2.08. The molecule has 2 saturated carbocycles. The summed E-state index contributed by atoms with van der Waals surface area (Å²) in [5.74, 6) is 0.814. The molecule has 0 spiro atoms. The highest BCUT2D eigenvalue weighted by Crippen LogP contribution is 2.71. The monoisotopic (exact) mass is 236 g/mol. The Morgan fingerprint density at radius 3 is 2.41 bits per heavy atom. The number of ketones is 1. The van der Waals surface area contributed by atoms with Crippen LogP contribution in [-0.2, 0) is 9.53 Å². The molecule has 4 unspecified atom stereocenters. The first-order valence-corrected chi connectivity index (χ1v) is 6.91. The number of Topliss-reactive ketones (excluding diaryl/α,β-unsaturated/α-hetero) is 1. The average Bonchev–Trinajstić information content (AvgIpc) is 2.78. The summed E-state index contributed by atoms with van der Waals surface area (Å²) < 4.78 is 5.98. The first kappa shape index (κ1) is 11.7. The summed E-state index contributed by atoms with van der Waals surface area (Å²) in [5, 5.41) is 0. The molecule has 4 atom stereocenters. The average molecular weight is 236 g/mol. The molecule has 0 aromatic heterocycles. The second-order valence-electron chi connectivity index (χ2n) is 7.61. The minimum absolute atomic E-state index is 0.178. The van der Waals surface area contributed by atoms with Gasteiger partial charge in [0.1, 0.15) is 5.60 Å². The van der Waals surface area contributed by atoms with Crippen molar-refractivity contribution in [3.63, 3.8) is 0 Å². The van der Waals surface area contributed by atoms with Gasteiger partial charge in [-0.25, -0.2) is 0 Å². The van der Waals surface area contributed by atoms with E-state index in [1.54, 1.807) is 0 Å². The van der Waals surface area contributed by atoms with Gasteiger partial charge in [-0.1, -0.05) is 27.2 Å². The Kier molecular flexibility index (Phi) is 1.92. The standard InChI is InChI=1S/C15H24O2/c1-12(2)7-6-8-13(3)10(12)9-11(16)14(4)15(13,5)17-14/h10H,6-9H2,1-5H3. The van der Waals surface area contributed by atoms with Crippen LogP contribution in [0.5, 0.6) is 0 Å². The Hall–Kier alpha value is -0.370. The highest BCUT2D eigenvalue weighted by Gasteiger charge is 2.80. The fraction of sp³-hybridized carbons (Fsp3) is 0.933.